The number of aromatic amines is 1. The number of hydrogen-bond donors (Lipinski definition) is 1. The first-order valence-corrected chi connectivity index (χ1v) is 28.0. The van der Waals surface area contributed by atoms with E-state index >= 15 is 0 Å². The van der Waals surface area contributed by atoms with Crippen LogP contribution in [-0.2, 0) is 30.7 Å². The van der Waals surface area contributed by atoms with E-state index in [1.54, 1.807) is 108 Å². The Hall–Kier alpha value is -10.9. The number of carbonyl (C=O) groups is 4. The third-order valence-corrected chi connectivity index (χ3v) is 15.8. The second-order valence-corrected chi connectivity index (χ2v) is 20.7. The zero-order valence-corrected chi connectivity index (χ0v) is 48.1. The summed E-state index contributed by atoms with van der Waals surface area (Å²) in [5, 5.41) is 25.5. The molecule has 8 aromatic rings. The molecule has 87 heavy (non-hydrogen) atoms. The van der Waals surface area contributed by atoms with E-state index in [4.69, 9.17) is 4.74 Å². The number of para-hydroxylation sites is 3. The monoisotopic (exact) mass is 1180 g/mol. The van der Waals surface area contributed by atoms with Crippen molar-refractivity contribution in [2.45, 2.75) is 13.3 Å². The molecule has 9 heterocycles. The number of benzene rings is 3. The number of H-pyrrole nitrogens is 1. The average Bonchev–Trinajstić information content (AvgIpc) is 1.19. The van der Waals surface area contributed by atoms with Crippen LogP contribution in [0.4, 0.5) is 28.4 Å². The molecule has 27 heteroatoms. The van der Waals surface area contributed by atoms with Crippen LogP contribution in [0.15, 0.2) is 141 Å². The summed E-state index contributed by atoms with van der Waals surface area (Å²) in [7, 11) is 4.72. The Kier molecular flexibility index (Phi) is 17.4. The number of hydrogen-bond acceptors (Lipinski definition) is 18. The highest BCUT2D eigenvalue weighted by Crippen LogP contribution is 2.36. The molecule has 0 atom stereocenters. The zero-order chi connectivity index (χ0) is 61.6. The van der Waals surface area contributed by atoms with Crippen LogP contribution >= 0.6 is 0 Å². The number of nitrogens with zero attached hydrogens (tertiary/aromatic N) is 14. The molecular weight excluding hydrogens is 1120 g/mol. The number of rotatable bonds is 10. The number of allylic oxidation sites excluding steroid dienone is 1. The maximum absolute atomic E-state index is 13.1. The number of anilines is 3. The molecule has 0 radical (unpaired) electrons. The first-order valence-electron chi connectivity index (χ1n) is 28.0. The predicted octanol–water partition coefficient (Wildman–Crippen LogP) is 4.66. The standard InChI is InChI=1S/C22H24N4O4.C20H19N5O4.C18H18N6O4/c1-3-30-22(29)18-19(15-7-4-5-9-17(15)24(2)21(18)28)25-11-13-26(14-12-25)20(27)16-8-6-10-23-16;1-22-16-5-3-2-4-15(16)17(18(20(22)27)25(28)29)23-10-12-24(13-11-23)19(26)14-6-8-21-9-7-14;1-21-14-5-3-2-4-12(14)15(16(18(21)26)24(27)28)22-6-8-23(9-7-22)17(25)13-10-19-11-20-13/h4-5,7-10H,3,6,11-14H2,1-2H3;2-9H,10-13H2,1H3;2-5,10-11H,6-9H2,1H3,(H,19,20). The van der Waals surface area contributed by atoms with E-state index in [1.807, 2.05) is 45.0 Å². The Morgan fingerprint density at radius 3 is 1.40 bits per heavy atom. The first kappa shape index (κ1) is 59.3. The van der Waals surface area contributed by atoms with Gasteiger partial charge in [-0.05, 0) is 43.3 Å². The lowest BCUT2D eigenvalue weighted by Gasteiger charge is -2.37. The number of nitro groups is 2. The summed E-state index contributed by atoms with van der Waals surface area (Å²) in [6.45, 7) is 7.04. The topological polar surface area (TPSA) is 303 Å². The van der Waals surface area contributed by atoms with Crippen molar-refractivity contribution in [3.05, 3.63) is 190 Å². The van der Waals surface area contributed by atoms with E-state index in [1.165, 1.54) is 40.3 Å². The van der Waals surface area contributed by atoms with Crippen molar-refractivity contribution in [1.82, 2.24) is 43.4 Å². The largest absolute Gasteiger partial charge is 0.462 e. The van der Waals surface area contributed by atoms with Gasteiger partial charge in [0, 0.05) is 146 Å². The maximum Gasteiger partial charge on any atom is 0.357 e. The van der Waals surface area contributed by atoms with Gasteiger partial charge in [-0.2, -0.15) is 0 Å². The third-order valence-electron chi connectivity index (χ3n) is 15.8. The molecular formula is C60H61N15O12. The van der Waals surface area contributed by atoms with Crippen LogP contribution in [0.1, 0.15) is 44.5 Å². The molecule has 0 aliphatic carbocycles. The Morgan fingerprint density at radius 2 is 0.977 bits per heavy atom. The van der Waals surface area contributed by atoms with Crippen molar-refractivity contribution < 1.29 is 33.8 Å². The van der Waals surface area contributed by atoms with Crippen LogP contribution in [0.3, 0.4) is 0 Å². The van der Waals surface area contributed by atoms with Gasteiger partial charge < -0.3 is 52.8 Å². The summed E-state index contributed by atoms with van der Waals surface area (Å²) in [5.41, 5.74) is 2.17. The van der Waals surface area contributed by atoms with Crippen LogP contribution < -0.4 is 31.4 Å². The number of nitrogens with one attached hydrogen (secondary N) is 1. The molecule has 3 amide bonds. The summed E-state index contributed by atoms with van der Waals surface area (Å²) in [6, 6.07) is 25.1. The number of aliphatic imine (C=N–C) groups is 1. The van der Waals surface area contributed by atoms with E-state index < -0.39 is 38.3 Å². The zero-order valence-electron chi connectivity index (χ0n) is 48.1. The number of carbonyl (C=O) groups excluding carboxylic acids is 4. The highest BCUT2D eigenvalue weighted by Gasteiger charge is 2.35. The molecule has 0 spiro atoms. The molecule has 4 aliphatic rings. The minimum absolute atomic E-state index is 0.0425. The van der Waals surface area contributed by atoms with E-state index in [0.29, 0.717) is 141 Å². The number of aromatic nitrogens is 6. The van der Waals surface area contributed by atoms with Gasteiger partial charge in [0.2, 0.25) is 0 Å². The van der Waals surface area contributed by atoms with Crippen molar-refractivity contribution in [1.29, 1.82) is 0 Å². The van der Waals surface area contributed by atoms with Crippen molar-refractivity contribution in [3.63, 3.8) is 0 Å². The molecule has 4 aliphatic heterocycles. The number of imidazole rings is 1. The van der Waals surface area contributed by atoms with Crippen molar-refractivity contribution in [2.75, 3.05) is 99.8 Å². The van der Waals surface area contributed by atoms with Crippen LogP contribution in [-0.4, -0.2) is 168 Å². The van der Waals surface area contributed by atoms with Crippen LogP contribution in [0, 0.1) is 20.2 Å². The van der Waals surface area contributed by atoms with E-state index in [9.17, 15) is 53.8 Å². The molecule has 3 aromatic carbocycles. The van der Waals surface area contributed by atoms with Gasteiger partial charge in [0.05, 0.1) is 51.2 Å². The third kappa shape index (κ3) is 11.7. The fraction of sp³-hybridized carbons (Fsp3) is 0.300. The summed E-state index contributed by atoms with van der Waals surface area (Å²) < 4.78 is 9.29. The fourth-order valence-electron chi connectivity index (χ4n) is 11.4. The Labute approximate surface area is 495 Å². The molecule has 12 rings (SSSR count). The summed E-state index contributed by atoms with van der Waals surface area (Å²) in [4.78, 5) is 137. The smallest absolute Gasteiger partial charge is 0.357 e. The normalized spacial score (nSPS) is 15.0. The quantitative estimate of drug-likeness (QED) is 0.111. The van der Waals surface area contributed by atoms with Crippen LogP contribution in [0.2, 0.25) is 0 Å². The van der Waals surface area contributed by atoms with E-state index in [0.717, 1.165) is 10.9 Å². The molecule has 0 unspecified atom stereocenters. The van der Waals surface area contributed by atoms with Gasteiger partial charge in [-0.15, -0.1) is 0 Å². The first-order chi connectivity index (χ1) is 42.0. The second-order valence-electron chi connectivity index (χ2n) is 20.7. The number of amides is 3. The van der Waals surface area contributed by atoms with Gasteiger partial charge in [-0.25, -0.2) is 9.78 Å². The summed E-state index contributed by atoms with van der Waals surface area (Å²) in [6.07, 6.45) is 10.3. The summed E-state index contributed by atoms with van der Waals surface area (Å²) >= 11 is 0. The van der Waals surface area contributed by atoms with Gasteiger partial charge in [-0.3, -0.25) is 59.0 Å². The van der Waals surface area contributed by atoms with Crippen molar-refractivity contribution in [2.24, 2.45) is 26.1 Å². The molecule has 0 bridgehead atoms. The highest BCUT2D eigenvalue weighted by molar-refractivity contribution is 6.06. The lowest BCUT2D eigenvalue weighted by atomic mass is 10.1. The molecule has 3 fully saturated rings. The van der Waals surface area contributed by atoms with Gasteiger partial charge in [0.15, 0.2) is 0 Å². The van der Waals surface area contributed by atoms with Crippen molar-refractivity contribution >= 4 is 91.1 Å². The maximum atomic E-state index is 13.1. The number of piperazine rings is 3. The fourth-order valence-corrected chi connectivity index (χ4v) is 11.4. The summed E-state index contributed by atoms with van der Waals surface area (Å²) in [5.74, 6) is -0.971. The van der Waals surface area contributed by atoms with Gasteiger partial charge >= 0.3 is 28.5 Å². The highest BCUT2D eigenvalue weighted by atomic mass is 16.6. The van der Waals surface area contributed by atoms with E-state index in [-0.39, 0.29) is 35.5 Å². The molecule has 27 nitrogen and oxygen atoms in total. The minimum Gasteiger partial charge on any atom is -0.462 e. The SMILES string of the molecule is CCOC(=O)c1c(N2CCN(C(=O)C3=CCC=N3)CC2)c2ccccc2n(C)c1=O.Cn1c(=O)c([N+](=O)[O-])c(N2CCN(C(=O)c3ccncc3)CC2)c2ccccc21.Cn1c(=O)c([N+](=O)[O-])c(N2CCN(C(=O)c3cnc[nH]3)CC2)c2ccccc21. The van der Waals surface area contributed by atoms with Gasteiger partial charge in [-0.1, -0.05) is 54.6 Å². The number of pyridine rings is 4. The lowest BCUT2D eigenvalue weighted by molar-refractivity contribution is -0.385. The number of ether oxygens (including phenoxy) is 1. The van der Waals surface area contributed by atoms with Crippen LogP contribution in [0.25, 0.3) is 32.7 Å². The average molecular weight is 1180 g/mol. The molecule has 5 aromatic heterocycles. The lowest BCUT2D eigenvalue weighted by Crippen LogP contribution is -2.50. The Morgan fingerprint density at radius 1 is 0.552 bits per heavy atom. The predicted molar refractivity (Wildman–Crippen MR) is 326 cm³/mol. The van der Waals surface area contributed by atoms with Crippen molar-refractivity contribution in [3.8, 4) is 0 Å². The molecule has 448 valence electrons. The van der Waals surface area contributed by atoms with E-state index in [2.05, 4.69) is 19.9 Å². The Balaban J connectivity index is 0.000000145. The van der Waals surface area contributed by atoms with Gasteiger partial charge in [0.1, 0.15) is 28.3 Å². The number of fused-ring (bicyclic) bond motifs is 3. The minimum atomic E-state index is -0.644. The van der Waals surface area contributed by atoms with Gasteiger partial charge in [0.25, 0.3) is 23.3 Å². The second kappa shape index (κ2) is 25.6. The molecule has 0 saturated carbocycles. The number of esters is 1. The van der Waals surface area contributed by atoms with Crippen LogP contribution in [0.5, 0.6) is 0 Å². The molecule has 1 N–H and O–H groups in total. The Bertz CT molecular complexity index is 4250. The molecule has 3 saturated heterocycles. The number of aryl methyl sites for hydroxylation is 3.